The van der Waals surface area contributed by atoms with Crippen LogP contribution in [0.1, 0.15) is 24.9 Å². The summed E-state index contributed by atoms with van der Waals surface area (Å²) in [5.74, 6) is 1.68. The van der Waals surface area contributed by atoms with E-state index in [1.165, 1.54) is 18.0 Å². The van der Waals surface area contributed by atoms with Crippen LogP contribution in [0, 0.1) is 0 Å². The molecule has 0 fully saturated rings. The summed E-state index contributed by atoms with van der Waals surface area (Å²) in [4.78, 5) is 8.26. The average Bonchev–Trinajstić information content (AvgIpc) is 3.23. The van der Waals surface area contributed by atoms with Crippen molar-refractivity contribution in [3.05, 3.63) is 48.0 Å². The molecule has 6 nitrogen and oxygen atoms in total. The molecule has 1 atom stereocenters. The Kier molecular flexibility index (Phi) is 5.47. The molecule has 3 rings (SSSR count). The van der Waals surface area contributed by atoms with Crippen molar-refractivity contribution in [2.45, 2.75) is 32.5 Å². The molecule has 2 heterocycles. The van der Waals surface area contributed by atoms with Crippen LogP contribution in [0.5, 0.6) is 5.75 Å². The largest absolute Gasteiger partial charge is 0.488 e. The van der Waals surface area contributed by atoms with Crippen LogP contribution in [0.15, 0.2) is 41.7 Å². The van der Waals surface area contributed by atoms with Gasteiger partial charge in [-0.15, -0.1) is 0 Å². The van der Waals surface area contributed by atoms with Crippen molar-refractivity contribution in [3.63, 3.8) is 0 Å². The molecule has 0 aliphatic carbocycles. The Labute approximate surface area is 144 Å². The quantitative estimate of drug-likeness (QED) is 0.621. The highest BCUT2D eigenvalue weighted by molar-refractivity contribution is 5.79. The van der Waals surface area contributed by atoms with E-state index >= 15 is 0 Å². The van der Waals surface area contributed by atoms with Gasteiger partial charge in [-0.2, -0.15) is 8.78 Å². The Balaban J connectivity index is 1.57. The number of guanidine groups is 1. The van der Waals surface area contributed by atoms with Crippen molar-refractivity contribution < 1.29 is 13.5 Å². The Morgan fingerprint density at radius 1 is 1.40 bits per heavy atom. The Morgan fingerprint density at radius 3 is 3.00 bits per heavy atom. The van der Waals surface area contributed by atoms with Crippen molar-refractivity contribution >= 4 is 5.96 Å². The summed E-state index contributed by atoms with van der Waals surface area (Å²) < 4.78 is 32.4. The highest BCUT2D eigenvalue weighted by Crippen LogP contribution is 2.27. The first-order valence-electron chi connectivity index (χ1n) is 8.24. The zero-order valence-electron chi connectivity index (χ0n) is 14.0. The first-order valence-corrected chi connectivity index (χ1v) is 8.24. The minimum atomic E-state index is -2.62. The number of ether oxygens (including phenoxy) is 1. The molecule has 134 valence electrons. The highest BCUT2D eigenvalue weighted by Gasteiger charge is 2.22. The minimum Gasteiger partial charge on any atom is -0.488 e. The van der Waals surface area contributed by atoms with Crippen molar-refractivity contribution in [1.82, 2.24) is 20.2 Å². The van der Waals surface area contributed by atoms with Gasteiger partial charge in [-0.1, -0.05) is 18.2 Å². The van der Waals surface area contributed by atoms with E-state index in [2.05, 4.69) is 26.7 Å². The van der Waals surface area contributed by atoms with Gasteiger partial charge in [-0.25, -0.2) is 9.98 Å². The van der Waals surface area contributed by atoms with Gasteiger partial charge in [0.15, 0.2) is 5.96 Å². The van der Waals surface area contributed by atoms with Gasteiger partial charge in [0, 0.05) is 25.4 Å². The predicted molar refractivity (Wildman–Crippen MR) is 90.9 cm³/mol. The number of nitrogens with one attached hydrogen (secondary N) is 2. The molecule has 0 bridgehead atoms. The molecule has 1 aromatic carbocycles. The van der Waals surface area contributed by atoms with Crippen molar-refractivity contribution in [1.29, 1.82) is 0 Å². The molecule has 0 amide bonds. The summed E-state index contributed by atoms with van der Waals surface area (Å²) >= 11 is 0. The number of alkyl halides is 2. The van der Waals surface area contributed by atoms with Crippen LogP contribution in [0.2, 0.25) is 0 Å². The second kappa shape index (κ2) is 7.96. The van der Waals surface area contributed by atoms with Crippen LogP contribution in [0.25, 0.3) is 0 Å². The number of hydrogen-bond acceptors (Lipinski definition) is 3. The van der Waals surface area contributed by atoms with Gasteiger partial charge in [-0.05, 0) is 18.6 Å². The van der Waals surface area contributed by atoms with Gasteiger partial charge >= 0.3 is 6.55 Å². The zero-order valence-corrected chi connectivity index (χ0v) is 14.0. The molecule has 2 aromatic rings. The monoisotopic (exact) mass is 349 g/mol. The summed E-state index contributed by atoms with van der Waals surface area (Å²) in [7, 11) is 0. The van der Waals surface area contributed by atoms with E-state index in [0.29, 0.717) is 19.0 Å². The lowest BCUT2D eigenvalue weighted by molar-refractivity contribution is 0.0671. The summed E-state index contributed by atoms with van der Waals surface area (Å²) in [5.41, 5.74) is 1.19. The maximum atomic E-state index is 12.8. The summed E-state index contributed by atoms with van der Waals surface area (Å²) in [5, 5.41) is 6.30. The molecule has 0 radical (unpaired) electrons. The third-order valence-electron chi connectivity index (χ3n) is 3.89. The fraction of sp³-hybridized carbons (Fsp3) is 0.412. The molecule has 1 aromatic heterocycles. The third-order valence-corrected chi connectivity index (χ3v) is 3.89. The zero-order chi connectivity index (χ0) is 17.6. The molecular weight excluding hydrogens is 328 g/mol. The number of nitrogens with zero attached hydrogens (tertiary/aromatic N) is 3. The lowest BCUT2D eigenvalue weighted by Crippen LogP contribution is -2.42. The minimum absolute atomic E-state index is 0.0179. The standard InChI is InChI=1S/C17H21F2N5O/c1-2-20-17(23-11-15-21-7-8-24(15)16(18)19)22-10-13-9-12-5-3-4-6-14(12)25-13/h3-8,13,16H,2,9-11H2,1H3,(H2,20,22,23). The molecule has 1 aliphatic rings. The van der Waals surface area contributed by atoms with E-state index in [9.17, 15) is 8.78 Å². The molecular formula is C17H21F2N5O. The normalized spacial score (nSPS) is 16.6. The maximum absolute atomic E-state index is 12.8. The topological polar surface area (TPSA) is 63.5 Å². The predicted octanol–water partition coefficient (Wildman–Crippen LogP) is 2.34. The lowest BCUT2D eigenvalue weighted by Gasteiger charge is -2.15. The second-order valence-corrected chi connectivity index (χ2v) is 5.66. The first-order chi connectivity index (χ1) is 12.2. The Bertz CT molecular complexity index is 706. The first kappa shape index (κ1) is 17.2. The molecule has 8 heteroatoms. The number of aliphatic imine (C=N–C) groups is 1. The third kappa shape index (κ3) is 4.26. The van der Waals surface area contributed by atoms with E-state index in [-0.39, 0.29) is 18.5 Å². The number of benzene rings is 1. The molecule has 1 unspecified atom stereocenters. The SMILES string of the molecule is CCNC(=NCc1nccn1C(F)F)NCC1Cc2ccccc2O1. The van der Waals surface area contributed by atoms with E-state index in [4.69, 9.17) is 4.74 Å². The maximum Gasteiger partial charge on any atom is 0.319 e. The van der Waals surface area contributed by atoms with E-state index < -0.39 is 6.55 Å². The van der Waals surface area contributed by atoms with E-state index in [1.807, 2.05) is 25.1 Å². The molecule has 0 saturated carbocycles. The van der Waals surface area contributed by atoms with Gasteiger partial charge in [0.2, 0.25) is 0 Å². The van der Waals surface area contributed by atoms with E-state index in [1.54, 1.807) is 0 Å². The fourth-order valence-electron chi connectivity index (χ4n) is 2.71. The van der Waals surface area contributed by atoms with Gasteiger partial charge in [-0.3, -0.25) is 4.57 Å². The van der Waals surface area contributed by atoms with Gasteiger partial charge in [0.05, 0.1) is 6.54 Å². The summed E-state index contributed by atoms with van der Waals surface area (Å²) in [6.45, 7) is 0.635. The molecule has 0 spiro atoms. The van der Waals surface area contributed by atoms with Crippen LogP contribution in [-0.4, -0.2) is 34.7 Å². The summed E-state index contributed by atoms with van der Waals surface area (Å²) in [6, 6.07) is 7.96. The smallest absolute Gasteiger partial charge is 0.319 e. The van der Waals surface area contributed by atoms with Crippen LogP contribution in [0.3, 0.4) is 0 Å². The average molecular weight is 349 g/mol. The molecule has 1 aliphatic heterocycles. The van der Waals surface area contributed by atoms with Crippen LogP contribution >= 0.6 is 0 Å². The molecule has 0 saturated heterocycles. The number of hydrogen-bond donors (Lipinski definition) is 2. The number of fused-ring (bicyclic) bond motifs is 1. The van der Waals surface area contributed by atoms with E-state index in [0.717, 1.165) is 16.7 Å². The number of halogens is 2. The van der Waals surface area contributed by atoms with Crippen LogP contribution < -0.4 is 15.4 Å². The van der Waals surface area contributed by atoms with Crippen molar-refractivity contribution in [2.24, 2.45) is 4.99 Å². The Hall–Kier alpha value is -2.64. The molecule has 25 heavy (non-hydrogen) atoms. The van der Waals surface area contributed by atoms with Crippen molar-refractivity contribution in [2.75, 3.05) is 13.1 Å². The van der Waals surface area contributed by atoms with Crippen LogP contribution in [0.4, 0.5) is 8.78 Å². The number of aromatic nitrogens is 2. The van der Waals surface area contributed by atoms with Gasteiger partial charge in [0.1, 0.15) is 24.2 Å². The lowest BCUT2D eigenvalue weighted by atomic mass is 10.1. The number of para-hydroxylation sites is 1. The fourth-order valence-corrected chi connectivity index (χ4v) is 2.71. The Morgan fingerprint density at radius 2 is 2.24 bits per heavy atom. The van der Waals surface area contributed by atoms with Gasteiger partial charge < -0.3 is 15.4 Å². The second-order valence-electron chi connectivity index (χ2n) is 5.66. The number of imidazole rings is 1. The number of rotatable bonds is 6. The van der Waals surface area contributed by atoms with Crippen molar-refractivity contribution in [3.8, 4) is 5.75 Å². The van der Waals surface area contributed by atoms with Gasteiger partial charge in [0.25, 0.3) is 0 Å². The molecule has 2 N–H and O–H groups in total. The van der Waals surface area contributed by atoms with Crippen LogP contribution in [-0.2, 0) is 13.0 Å². The highest BCUT2D eigenvalue weighted by atomic mass is 19.3. The summed E-state index contributed by atoms with van der Waals surface area (Å²) in [6.07, 6.45) is 3.45.